The summed E-state index contributed by atoms with van der Waals surface area (Å²) < 4.78 is 6.49. The van der Waals surface area contributed by atoms with Crippen molar-refractivity contribution in [1.29, 1.82) is 0 Å². The first kappa shape index (κ1) is 21.7. The van der Waals surface area contributed by atoms with Crippen LogP contribution in [0, 0.1) is 5.41 Å². The van der Waals surface area contributed by atoms with E-state index in [1.807, 2.05) is 19.2 Å². The van der Waals surface area contributed by atoms with Crippen LogP contribution in [0.2, 0.25) is 0 Å². The average molecular weight is 512 g/mol. The van der Waals surface area contributed by atoms with E-state index in [2.05, 4.69) is 43.3 Å². The van der Waals surface area contributed by atoms with Crippen molar-refractivity contribution in [2.24, 2.45) is 10.4 Å². The fourth-order valence-electron chi connectivity index (χ4n) is 2.79. The van der Waals surface area contributed by atoms with Gasteiger partial charge in [-0.15, -0.1) is 24.0 Å². The maximum absolute atomic E-state index is 9.77. The highest BCUT2D eigenvalue weighted by Crippen LogP contribution is 2.29. The lowest BCUT2D eigenvalue weighted by atomic mass is 9.81. The number of nitrogens with zero attached hydrogens (tertiary/aromatic N) is 2. The number of aliphatic imine (C=N–C) groups is 1. The molecule has 7 heteroatoms. The van der Waals surface area contributed by atoms with Crippen LogP contribution in [0.3, 0.4) is 0 Å². The van der Waals surface area contributed by atoms with Gasteiger partial charge in [-0.3, -0.25) is 4.99 Å². The summed E-state index contributed by atoms with van der Waals surface area (Å²) in [5, 5.41) is 13.2. The second-order valence-corrected chi connectivity index (χ2v) is 7.07. The van der Waals surface area contributed by atoms with Crippen LogP contribution in [-0.2, 0) is 11.3 Å². The maximum Gasteiger partial charge on any atom is 0.193 e. The van der Waals surface area contributed by atoms with E-state index in [-0.39, 0.29) is 36.0 Å². The highest BCUT2D eigenvalue weighted by atomic mass is 127. The fraction of sp³-hybridized carbons (Fsp3) is 0.588. The van der Waals surface area contributed by atoms with Crippen molar-refractivity contribution in [1.82, 2.24) is 10.2 Å². The third kappa shape index (κ3) is 6.16. The van der Waals surface area contributed by atoms with Gasteiger partial charge in [0.25, 0.3) is 0 Å². The van der Waals surface area contributed by atoms with Crippen LogP contribution >= 0.6 is 39.9 Å². The molecule has 0 radical (unpaired) electrons. The monoisotopic (exact) mass is 511 g/mol. The van der Waals surface area contributed by atoms with Gasteiger partial charge in [0.1, 0.15) is 0 Å². The highest BCUT2D eigenvalue weighted by molar-refractivity contribution is 14.0. The first-order valence-electron chi connectivity index (χ1n) is 7.93. The molecule has 1 aliphatic heterocycles. The van der Waals surface area contributed by atoms with E-state index in [1.54, 1.807) is 7.05 Å². The molecule has 1 aromatic carbocycles. The topological polar surface area (TPSA) is 57.1 Å². The highest BCUT2D eigenvalue weighted by Gasteiger charge is 2.32. The van der Waals surface area contributed by atoms with Crippen LogP contribution in [0.1, 0.15) is 18.4 Å². The van der Waals surface area contributed by atoms with E-state index < -0.39 is 0 Å². The van der Waals surface area contributed by atoms with Gasteiger partial charge in [0.05, 0.1) is 6.61 Å². The molecule has 0 atom stereocenters. The van der Waals surface area contributed by atoms with Gasteiger partial charge in [0, 0.05) is 50.3 Å². The van der Waals surface area contributed by atoms with Crippen molar-refractivity contribution in [2.45, 2.75) is 19.4 Å². The van der Waals surface area contributed by atoms with Crippen molar-refractivity contribution >= 4 is 45.9 Å². The lowest BCUT2D eigenvalue weighted by molar-refractivity contribution is -0.0134. The van der Waals surface area contributed by atoms with Crippen LogP contribution in [0.15, 0.2) is 33.7 Å². The predicted molar refractivity (Wildman–Crippen MR) is 112 cm³/mol. The summed E-state index contributed by atoms with van der Waals surface area (Å²) in [7, 11) is 3.81. The minimum atomic E-state index is -0.105. The lowest BCUT2D eigenvalue weighted by Gasteiger charge is -2.36. The minimum absolute atomic E-state index is 0. The van der Waals surface area contributed by atoms with Gasteiger partial charge in [-0.05, 0) is 30.5 Å². The summed E-state index contributed by atoms with van der Waals surface area (Å²) in [6, 6.07) is 8.29. The number of halogens is 2. The molecule has 0 aliphatic carbocycles. The molecule has 1 fully saturated rings. The van der Waals surface area contributed by atoms with Gasteiger partial charge in [-0.2, -0.15) is 0 Å². The molecular weight excluding hydrogens is 485 g/mol. The number of hydrogen-bond donors (Lipinski definition) is 2. The molecule has 0 spiro atoms. The number of hydrogen-bond acceptors (Lipinski definition) is 3. The van der Waals surface area contributed by atoms with Crippen molar-refractivity contribution in [3.05, 3.63) is 34.3 Å². The van der Waals surface area contributed by atoms with Gasteiger partial charge < -0.3 is 20.1 Å². The largest absolute Gasteiger partial charge is 0.396 e. The van der Waals surface area contributed by atoms with Crippen molar-refractivity contribution < 1.29 is 9.84 Å². The fourth-order valence-corrected chi connectivity index (χ4v) is 3.05. The second kappa shape index (κ2) is 10.6. The summed E-state index contributed by atoms with van der Waals surface area (Å²) in [4.78, 5) is 6.45. The quantitative estimate of drug-likeness (QED) is 0.362. The number of rotatable bonds is 5. The molecule has 136 valence electrons. The van der Waals surface area contributed by atoms with Crippen molar-refractivity contribution in [3.63, 3.8) is 0 Å². The molecule has 0 saturated carbocycles. The van der Waals surface area contributed by atoms with E-state index in [0.29, 0.717) is 6.54 Å². The molecule has 2 N–H and O–H groups in total. The third-order valence-electron chi connectivity index (χ3n) is 4.42. The number of aliphatic hydroxyl groups excluding tert-OH is 1. The van der Waals surface area contributed by atoms with Gasteiger partial charge in [-0.1, -0.05) is 28.1 Å². The Kier molecular flexibility index (Phi) is 9.54. The number of ether oxygens (including phenoxy) is 1. The number of nitrogens with one attached hydrogen (secondary N) is 1. The van der Waals surface area contributed by atoms with Crippen LogP contribution in [-0.4, -0.2) is 56.4 Å². The normalized spacial score (nSPS) is 17.1. The molecule has 0 bridgehead atoms. The van der Waals surface area contributed by atoms with Gasteiger partial charge >= 0.3 is 0 Å². The first-order chi connectivity index (χ1) is 11.1. The molecule has 24 heavy (non-hydrogen) atoms. The predicted octanol–water partition coefficient (Wildman–Crippen LogP) is 2.86. The zero-order chi connectivity index (χ0) is 16.7. The van der Waals surface area contributed by atoms with E-state index >= 15 is 0 Å². The summed E-state index contributed by atoms with van der Waals surface area (Å²) in [6.07, 6.45) is 1.76. The molecule has 1 heterocycles. The Balaban J connectivity index is 0.00000288. The second-order valence-electron chi connectivity index (χ2n) is 6.15. The minimum Gasteiger partial charge on any atom is -0.396 e. The summed E-state index contributed by atoms with van der Waals surface area (Å²) in [6.45, 7) is 3.11. The van der Waals surface area contributed by atoms with E-state index in [0.717, 1.165) is 43.0 Å². The molecule has 1 aliphatic rings. The van der Waals surface area contributed by atoms with Crippen LogP contribution in [0.25, 0.3) is 0 Å². The SMILES string of the molecule is CN=C(NCC1(CO)CCOCC1)N(C)Cc1ccc(Br)cc1.I. The molecule has 1 saturated heterocycles. The van der Waals surface area contributed by atoms with E-state index in [1.165, 1.54) is 5.56 Å². The molecule has 0 aromatic heterocycles. The Hall–Kier alpha value is -0.380. The van der Waals surface area contributed by atoms with Gasteiger partial charge in [-0.25, -0.2) is 0 Å². The molecule has 0 amide bonds. The van der Waals surface area contributed by atoms with Gasteiger partial charge in [0.2, 0.25) is 0 Å². The summed E-state index contributed by atoms with van der Waals surface area (Å²) in [5.41, 5.74) is 1.12. The number of benzene rings is 1. The molecular formula is C17H27BrIN3O2. The molecule has 0 unspecified atom stereocenters. The zero-order valence-electron chi connectivity index (χ0n) is 14.3. The Morgan fingerprint density at radius 1 is 1.33 bits per heavy atom. The van der Waals surface area contributed by atoms with Crippen LogP contribution < -0.4 is 5.32 Å². The number of aliphatic hydroxyl groups is 1. The van der Waals surface area contributed by atoms with E-state index in [4.69, 9.17) is 4.74 Å². The number of guanidine groups is 1. The van der Waals surface area contributed by atoms with Gasteiger partial charge in [0.15, 0.2) is 5.96 Å². The third-order valence-corrected chi connectivity index (χ3v) is 4.95. The Morgan fingerprint density at radius 2 is 1.96 bits per heavy atom. The van der Waals surface area contributed by atoms with Crippen LogP contribution in [0.5, 0.6) is 0 Å². The maximum atomic E-state index is 9.77. The van der Waals surface area contributed by atoms with Crippen molar-refractivity contribution in [3.8, 4) is 0 Å². The molecule has 1 aromatic rings. The Morgan fingerprint density at radius 3 is 2.50 bits per heavy atom. The Labute approximate surface area is 170 Å². The average Bonchev–Trinajstić information content (AvgIpc) is 2.58. The summed E-state index contributed by atoms with van der Waals surface area (Å²) >= 11 is 3.45. The lowest BCUT2D eigenvalue weighted by Crippen LogP contribution is -2.47. The van der Waals surface area contributed by atoms with E-state index in [9.17, 15) is 5.11 Å². The molecule has 2 rings (SSSR count). The van der Waals surface area contributed by atoms with Crippen LogP contribution in [0.4, 0.5) is 0 Å². The zero-order valence-corrected chi connectivity index (χ0v) is 18.2. The Bertz CT molecular complexity index is 519. The molecule has 5 nitrogen and oxygen atoms in total. The summed E-state index contributed by atoms with van der Waals surface area (Å²) in [5.74, 6) is 0.840. The standard InChI is InChI=1S/C17H26BrN3O2.HI/c1-19-16(20-12-17(13-22)7-9-23-10-8-17)21(2)11-14-3-5-15(18)6-4-14;/h3-6,22H,7-13H2,1-2H3,(H,19,20);1H. The first-order valence-corrected chi connectivity index (χ1v) is 8.73. The smallest absolute Gasteiger partial charge is 0.193 e. The van der Waals surface area contributed by atoms with Crippen molar-refractivity contribution in [2.75, 3.05) is 40.5 Å².